The zero-order chi connectivity index (χ0) is 17.0. The van der Waals surface area contributed by atoms with Gasteiger partial charge in [0.25, 0.3) is 0 Å². The Hall–Kier alpha value is -1.98. The maximum atomic E-state index is 13.6. The summed E-state index contributed by atoms with van der Waals surface area (Å²) in [5, 5.41) is 0. The van der Waals surface area contributed by atoms with Crippen LogP contribution in [0.5, 0.6) is 0 Å². The third kappa shape index (κ3) is 3.61. The van der Waals surface area contributed by atoms with E-state index in [0.717, 1.165) is 0 Å². The van der Waals surface area contributed by atoms with E-state index in [2.05, 4.69) is 19.3 Å². The van der Waals surface area contributed by atoms with Gasteiger partial charge in [0.15, 0.2) is 0 Å². The molecule has 0 saturated carbocycles. The van der Waals surface area contributed by atoms with Gasteiger partial charge < -0.3 is 0 Å². The first kappa shape index (κ1) is 18.1. The Labute approximate surface area is 128 Å². The predicted molar refractivity (Wildman–Crippen MR) is 71.5 cm³/mol. The number of hydrogen-bond donors (Lipinski definition) is 0. The average molecular weight is 436 g/mol. The van der Waals surface area contributed by atoms with E-state index in [1.54, 1.807) is 0 Å². The summed E-state index contributed by atoms with van der Waals surface area (Å²) < 4.78 is 73.9. The standard InChI is InChI=1S/C12H6F5IO4/c1-3-5(19)21-18(22-6(20)4-2)12-10(16)8(14)7(13)9(15)11(12)17/h3-4H,1-2H2. The normalized spacial score (nSPS) is 10.7. The Bertz CT molecular complexity index is 610. The summed E-state index contributed by atoms with van der Waals surface area (Å²) in [5.74, 6) is -13.9. The molecule has 1 rings (SSSR count). The molecule has 4 nitrogen and oxygen atoms in total. The van der Waals surface area contributed by atoms with Crippen molar-refractivity contribution in [3.8, 4) is 0 Å². The Balaban J connectivity index is 3.47. The fourth-order valence-electron chi connectivity index (χ4n) is 1.01. The van der Waals surface area contributed by atoms with Crippen molar-refractivity contribution < 1.29 is 37.7 Å². The third-order valence-electron chi connectivity index (χ3n) is 1.94. The van der Waals surface area contributed by atoms with Gasteiger partial charge in [-0.3, -0.25) is 0 Å². The summed E-state index contributed by atoms with van der Waals surface area (Å²) in [4.78, 5) is 22.2. The van der Waals surface area contributed by atoms with Crippen LogP contribution in [0.3, 0.4) is 0 Å². The van der Waals surface area contributed by atoms with Crippen LogP contribution in [0.1, 0.15) is 0 Å². The summed E-state index contributed by atoms with van der Waals surface area (Å²) in [6, 6.07) is 0. The summed E-state index contributed by atoms with van der Waals surface area (Å²) in [7, 11) is 0. The van der Waals surface area contributed by atoms with Crippen molar-refractivity contribution in [2.24, 2.45) is 0 Å². The molecule has 0 aliphatic rings. The second-order valence-corrected chi connectivity index (χ2v) is 6.50. The number of rotatable bonds is 5. The number of hydrogen-bond acceptors (Lipinski definition) is 4. The molecule has 0 N–H and O–H groups in total. The molecule has 0 amide bonds. The molecule has 120 valence electrons. The van der Waals surface area contributed by atoms with Crippen LogP contribution < -0.4 is 0 Å². The number of carbonyl (C=O) groups excluding carboxylic acids is 2. The maximum absolute atomic E-state index is 13.6. The zero-order valence-electron chi connectivity index (χ0n) is 10.5. The minimum atomic E-state index is -4.34. The topological polar surface area (TPSA) is 52.6 Å². The Morgan fingerprint density at radius 2 is 1.09 bits per heavy atom. The molecule has 0 aromatic heterocycles. The van der Waals surface area contributed by atoms with Gasteiger partial charge in [0.05, 0.1) is 0 Å². The van der Waals surface area contributed by atoms with E-state index in [0.29, 0.717) is 12.2 Å². The second-order valence-electron chi connectivity index (χ2n) is 3.30. The molecule has 0 bridgehead atoms. The van der Waals surface area contributed by atoms with Crippen LogP contribution in [0, 0.1) is 32.7 Å². The van der Waals surface area contributed by atoms with Gasteiger partial charge in [-0.2, -0.15) is 0 Å². The molecule has 10 heteroatoms. The first-order valence-electron chi connectivity index (χ1n) is 5.15. The van der Waals surface area contributed by atoms with Gasteiger partial charge in [0.1, 0.15) is 0 Å². The van der Waals surface area contributed by atoms with Crippen molar-refractivity contribution in [1.82, 2.24) is 0 Å². The van der Waals surface area contributed by atoms with E-state index < -0.39 is 65.2 Å². The molecular weight excluding hydrogens is 430 g/mol. The van der Waals surface area contributed by atoms with Gasteiger partial charge in [-0.05, 0) is 0 Å². The molecular formula is C12H6F5IO4. The van der Waals surface area contributed by atoms with E-state index in [1.165, 1.54) is 0 Å². The molecule has 0 saturated heterocycles. The van der Waals surface area contributed by atoms with Gasteiger partial charge in [0.2, 0.25) is 0 Å². The van der Waals surface area contributed by atoms with Gasteiger partial charge in [-0.25, -0.2) is 0 Å². The van der Waals surface area contributed by atoms with E-state index >= 15 is 0 Å². The second kappa shape index (κ2) is 7.33. The summed E-state index contributed by atoms with van der Waals surface area (Å²) in [5.41, 5.74) is 0. The van der Waals surface area contributed by atoms with Crippen molar-refractivity contribution in [1.29, 1.82) is 0 Å². The SMILES string of the molecule is C=CC(=O)OI(OC(=O)C=C)c1c(F)c(F)c(F)c(F)c1F. The van der Waals surface area contributed by atoms with Crippen molar-refractivity contribution in [3.05, 3.63) is 58.0 Å². The molecule has 0 unspecified atom stereocenters. The van der Waals surface area contributed by atoms with Gasteiger partial charge in [0, 0.05) is 0 Å². The van der Waals surface area contributed by atoms with E-state index in [4.69, 9.17) is 0 Å². The van der Waals surface area contributed by atoms with E-state index in [-0.39, 0.29) is 0 Å². The van der Waals surface area contributed by atoms with Crippen LogP contribution in [0.4, 0.5) is 22.0 Å². The zero-order valence-corrected chi connectivity index (χ0v) is 12.6. The van der Waals surface area contributed by atoms with E-state index in [1.807, 2.05) is 0 Å². The van der Waals surface area contributed by atoms with E-state index in [9.17, 15) is 31.5 Å². The summed E-state index contributed by atoms with van der Waals surface area (Å²) in [6.45, 7) is 5.99. The molecule has 0 radical (unpaired) electrons. The van der Waals surface area contributed by atoms with Crippen LogP contribution in [0.15, 0.2) is 25.3 Å². The van der Waals surface area contributed by atoms with Crippen LogP contribution >= 0.6 is 20.6 Å². The summed E-state index contributed by atoms with van der Waals surface area (Å²) in [6.07, 6.45) is 1.14. The summed E-state index contributed by atoms with van der Waals surface area (Å²) >= 11 is -4.34. The number of benzene rings is 1. The molecule has 1 aromatic rings. The molecule has 0 spiro atoms. The predicted octanol–water partition coefficient (Wildman–Crippen LogP) is 3.35. The number of halogens is 6. The molecule has 1 aromatic carbocycles. The first-order valence-corrected chi connectivity index (χ1v) is 7.99. The van der Waals surface area contributed by atoms with Crippen LogP contribution in [0.25, 0.3) is 0 Å². The molecule has 0 heterocycles. The Morgan fingerprint density at radius 3 is 1.41 bits per heavy atom. The monoisotopic (exact) mass is 436 g/mol. The number of carbonyl (C=O) groups is 2. The van der Waals surface area contributed by atoms with Crippen LogP contribution in [-0.4, -0.2) is 11.9 Å². The fourth-order valence-corrected chi connectivity index (χ4v) is 3.93. The van der Waals surface area contributed by atoms with Gasteiger partial charge in [-0.15, -0.1) is 0 Å². The molecule has 22 heavy (non-hydrogen) atoms. The average Bonchev–Trinajstić information content (AvgIpc) is 2.50. The van der Waals surface area contributed by atoms with Crippen molar-refractivity contribution >= 4 is 32.6 Å². The Kier molecular flexibility index (Phi) is 6.02. The fraction of sp³-hybridized carbons (Fsp3) is 0. The van der Waals surface area contributed by atoms with Crippen LogP contribution in [-0.2, 0) is 15.7 Å². The molecule has 0 aliphatic carbocycles. The molecule has 0 fully saturated rings. The van der Waals surface area contributed by atoms with Gasteiger partial charge in [-0.1, -0.05) is 0 Å². The van der Waals surface area contributed by atoms with Crippen molar-refractivity contribution in [2.75, 3.05) is 0 Å². The minimum absolute atomic E-state index is 0.568. The van der Waals surface area contributed by atoms with Gasteiger partial charge >= 0.3 is 128 Å². The van der Waals surface area contributed by atoms with Crippen molar-refractivity contribution in [3.63, 3.8) is 0 Å². The third-order valence-corrected chi connectivity index (χ3v) is 5.43. The Morgan fingerprint density at radius 1 is 0.773 bits per heavy atom. The quantitative estimate of drug-likeness (QED) is 0.234. The molecule has 0 atom stereocenters. The first-order chi connectivity index (χ1) is 10.2. The molecule has 0 aliphatic heterocycles. The van der Waals surface area contributed by atoms with Crippen LogP contribution in [0.2, 0.25) is 0 Å². The van der Waals surface area contributed by atoms with Crippen molar-refractivity contribution in [2.45, 2.75) is 0 Å².